The third-order valence-electron chi connectivity index (χ3n) is 1.39. The Morgan fingerprint density at radius 2 is 2.25 bits per heavy atom. The van der Waals surface area contributed by atoms with Crippen molar-refractivity contribution in [2.24, 2.45) is 5.73 Å². The number of anilines is 1. The van der Waals surface area contributed by atoms with Crippen molar-refractivity contribution < 1.29 is 4.39 Å². The van der Waals surface area contributed by atoms with Crippen molar-refractivity contribution in [2.75, 3.05) is 18.4 Å². The van der Waals surface area contributed by atoms with Gasteiger partial charge in [-0.25, -0.2) is 4.39 Å². The third kappa shape index (κ3) is 2.46. The number of hydrogen-bond donors (Lipinski definition) is 2. The lowest BCUT2D eigenvalue weighted by Gasteiger charge is -2.04. The van der Waals surface area contributed by atoms with Gasteiger partial charge in [0, 0.05) is 18.8 Å². The summed E-state index contributed by atoms with van der Waals surface area (Å²) in [6.45, 7) is 1.26. The average molecular weight is 233 g/mol. The molecule has 3 N–H and O–H groups in total. The van der Waals surface area contributed by atoms with E-state index in [0.29, 0.717) is 17.6 Å². The summed E-state index contributed by atoms with van der Waals surface area (Å²) in [4.78, 5) is 0. The Labute approximate surface area is 79.1 Å². The van der Waals surface area contributed by atoms with Gasteiger partial charge in [-0.15, -0.1) is 0 Å². The first-order valence-corrected chi connectivity index (χ1v) is 4.42. The molecule has 0 heterocycles. The fourth-order valence-corrected chi connectivity index (χ4v) is 1.20. The topological polar surface area (TPSA) is 38.0 Å². The van der Waals surface area contributed by atoms with Crippen LogP contribution in [0.4, 0.5) is 10.1 Å². The smallest absolute Gasteiger partial charge is 0.137 e. The van der Waals surface area contributed by atoms with E-state index in [2.05, 4.69) is 21.2 Å². The molecule has 0 fully saturated rings. The van der Waals surface area contributed by atoms with Crippen molar-refractivity contribution >= 4 is 21.6 Å². The molecule has 1 rings (SSSR count). The molecular formula is C8H10BrFN2. The number of nitrogens with one attached hydrogen (secondary N) is 1. The second-order valence-corrected chi connectivity index (χ2v) is 3.20. The van der Waals surface area contributed by atoms with Crippen molar-refractivity contribution in [1.82, 2.24) is 0 Å². The summed E-state index contributed by atoms with van der Waals surface area (Å²) in [5.74, 6) is -0.256. The van der Waals surface area contributed by atoms with Crippen molar-refractivity contribution in [1.29, 1.82) is 0 Å². The number of rotatable bonds is 3. The predicted molar refractivity (Wildman–Crippen MR) is 51.6 cm³/mol. The molecule has 0 bridgehead atoms. The van der Waals surface area contributed by atoms with E-state index >= 15 is 0 Å². The number of hydrogen-bond acceptors (Lipinski definition) is 2. The molecule has 1 aromatic carbocycles. The molecule has 0 saturated heterocycles. The van der Waals surface area contributed by atoms with Gasteiger partial charge in [0.05, 0.1) is 4.47 Å². The number of halogens is 2. The van der Waals surface area contributed by atoms with Crippen molar-refractivity contribution in [3.05, 3.63) is 28.5 Å². The van der Waals surface area contributed by atoms with E-state index in [1.807, 2.05) is 0 Å². The lowest BCUT2D eigenvalue weighted by molar-refractivity contribution is 0.621. The van der Waals surface area contributed by atoms with Gasteiger partial charge in [-0.2, -0.15) is 0 Å². The van der Waals surface area contributed by atoms with E-state index in [4.69, 9.17) is 5.73 Å². The van der Waals surface area contributed by atoms with Crippen LogP contribution < -0.4 is 11.1 Å². The largest absolute Gasteiger partial charge is 0.384 e. The van der Waals surface area contributed by atoms with Gasteiger partial charge in [0.25, 0.3) is 0 Å². The maximum atomic E-state index is 12.7. The lowest BCUT2D eigenvalue weighted by atomic mass is 10.3. The van der Waals surface area contributed by atoms with E-state index in [0.717, 1.165) is 5.69 Å². The zero-order chi connectivity index (χ0) is 8.97. The quantitative estimate of drug-likeness (QED) is 0.837. The maximum Gasteiger partial charge on any atom is 0.137 e. The highest BCUT2D eigenvalue weighted by Crippen LogP contribution is 2.19. The molecule has 0 atom stereocenters. The summed E-state index contributed by atoms with van der Waals surface area (Å²) in [5, 5.41) is 3.04. The van der Waals surface area contributed by atoms with E-state index < -0.39 is 0 Å². The molecule has 66 valence electrons. The van der Waals surface area contributed by atoms with E-state index in [9.17, 15) is 4.39 Å². The Bertz CT molecular complexity index is 265. The van der Waals surface area contributed by atoms with Gasteiger partial charge in [-0.3, -0.25) is 0 Å². The fourth-order valence-electron chi connectivity index (χ4n) is 0.823. The van der Waals surface area contributed by atoms with Crippen LogP contribution in [0.3, 0.4) is 0 Å². The molecule has 0 spiro atoms. The van der Waals surface area contributed by atoms with Gasteiger partial charge in [-0.1, -0.05) is 0 Å². The maximum absolute atomic E-state index is 12.7. The van der Waals surface area contributed by atoms with Gasteiger partial charge in [0.1, 0.15) is 5.82 Å². The standard InChI is InChI=1S/C8H10BrFN2/c9-7-5-6(12-4-3-11)1-2-8(7)10/h1-2,5,12H,3-4,11H2. The summed E-state index contributed by atoms with van der Waals surface area (Å²) in [6.07, 6.45) is 0. The van der Waals surface area contributed by atoms with Crippen LogP contribution in [0, 0.1) is 5.82 Å². The minimum absolute atomic E-state index is 0.256. The minimum atomic E-state index is -0.256. The monoisotopic (exact) mass is 232 g/mol. The fraction of sp³-hybridized carbons (Fsp3) is 0.250. The van der Waals surface area contributed by atoms with Crippen LogP contribution in [-0.2, 0) is 0 Å². The van der Waals surface area contributed by atoms with Crippen LogP contribution >= 0.6 is 15.9 Å². The molecule has 0 aliphatic heterocycles. The zero-order valence-electron chi connectivity index (χ0n) is 6.48. The highest BCUT2D eigenvalue weighted by Gasteiger charge is 1.98. The van der Waals surface area contributed by atoms with E-state index in [1.165, 1.54) is 6.07 Å². The van der Waals surface area contributed by atoms with Crippen LogP contribution in [-0.4, -0.2) is 13.1 Å². The molecule has 0 saturated carbocycles. The molecule has 1 aromatic rings. The van der Waals surface area contributed by atoms with Crippen molar-refractivity contribution in [3.63, 3.8) is 0 Å². The van der Waals surface area contributed by atoms with Crippen LogP contribution in [0.2, 0.25) is 0 Å². The molecule has 0 radical (unpaired) electrons. The van der Waals surface area contributed by atoms with Crippen LogP contribution in [0.25, 0.3) is 0 Å². The van der Waals surface area contributed by atoms with E-state index in [1.54, 1.807) is 12.1 Å². The normalized spacial score (nSPS) is 9.92. The van der Waals surface area contributed by atoms with Gasteiger partial charge < -0.3 is 11.1 Å². The first-order chi connectivity index (χ1) is 5.74. The Morgan fingerprint density at radius 1 is 1.50 bits per heavy atom. The third-order valence-corrected chi connectivity index (χ3v) is 2.00. The summed E-state index contributed by atoms with van der Waals surface area (Å²) < 4.78 is 13.2. The molecule has 12 heavy (non-hydrogen) atoms. The molecule has 0 aliphatic carbocycles. The van der Waals surface area contributed by atoms with Gasteiger partial charge in [-0.05, 0) is 34.1 Å². The molecule has 0 amide bonds. The molecule has 0 aliphatic rings. The first-order valence-electron chi connectivity index (χ1n) is 3.63. The molecule has 0 unspecified atom stereocenters. The first kappa shape index (κ1) is 9.48. The minimum Gasteiger partial charge on any atom is -0.384 e. The van der Waals surface area contributed by atoms with Crippen LogP contribution in [0.5, 0.6) is 0 Å². The summed E-state index contributed by atoms with van der Waals surface area (Å²) >= 11 is 3.09. The molecule has 2 nitrogen and oxygen atoms in total. The highest BCUT2D eigenvalue weighted by molar-refractivity contribution is 9.10. The van der Waals surface area contributed by atoms with Crippen LogP contribution in [0.1, 0.15) is 0 Å². The molecule has 0 aromatic heterocycles. The Kier molecular flexibility index (Phi) is 3.49. The summed E-state index contributed by atoms with van der Waals surface area (Å²) in [6, 6.07) is 4.77. The van der Waals surface area contributed by atoms with Gasteiger partial charge >= 0.3 is 0 Å². The zero-order valence-corrected chi connectivity index (χ0v) is 8.07. The second-order valence-electron chi connectivity index (χ2n) is 2.34. The Morgan fingerprint density at radius 3 is 2.83 bits per heavy atom. The molecule has 4 heteroatoms. The summed E-state index contributed by atoms with van der Waals surface area (Å²) in [5.41, 5.74) is 6.17. The Balaban J connectivity index is 2.69. The van der Waals surface area contributed by atoms with Crippen molar-refractivity contribution in [2.45, 2.75) is 0 Å². The SMILES string of the molecule is NCCNc1ccc(F)c(Br)c1. The van der Waals surface area contributed by atoms with Gasteiger partial charge in [0.15, 0.2) is 0 Å². The molecular weight excluding hydrogens is 223 g/mol. The average Bonchev–Trinajstić information content (AvgIpc) is 2.07. The number of nitrogens with two attached hydrogens (primary N) is 1. The lowest BCUT2D eigenvalue weighted by Crippen LogP contribution is -2.12. The van der Waals surface area contributed by atoms with Crippen molar-refractivity contribution in [3.8, 4) is 0 Å². The summed E-state index contributed by atoms with van der Waals surface area (Å²) in [7, 11) is 0. The second kappa shape index (κ2) is 4.42. The van der Waals surface area contributed by atoms with E-state index in [-0.39, 0.29) is 5.82 Å². The Hall–Kier alpha value is -0.610. The van der Waals surface area contributed by atoms with Crippen LogP contribution in [0.15, 0.2) is 22.7 Å². The highest BCUT2D eigenvalue weighted by atomic mass is 79.9. The number of benzene rings is 1. The predicted octanol–water partition coefficient (Wildman–Crippen LogP) is 1.96. The van der Waals surface area contributed by atoms with Gasteiger partial charge in [0.2, 0.25) is 0 Å².